The number of ether oxygens (including phenoxy) is 1. The number of aromatic nitrogens is 1. The molecule has 0 radical (unpaired) electrons. The van der Waals surface area contributed by atoms with Crippen LogP contribution in [0.5, 0.6) is 5.75 Å². The van der Waals surface area contributed by atoms with Gasteiger partial charge in [0.2, 0.25) is 0 Å². The molecule has 0 atom stereocenters. The summed E-state index contributed by atoms with van der Waals surface area (Å²) in [6.07, 6.45) is 1.78. The Balaban J connectivity index is 1.85. The molecular weight excluding hydrogens is 236 g/mol. The van der Waals surface area contributed by atoms with Crippen LogP contribution in [0.3, 0.4) is 0 Å². The molecule has 0 aliphatic rings. The molecular formula is C12H14N2O2S. The van der Waals surface area contributed by atoms with E-state index in [1.165, 1.54) is 0 Å². The molecule has 0 saturated heterocycles. The van der Waals surface area contributed by atoms with Crippen LogP contribution in [0, 0.1) is 0 Å². The first-order chi connectivity index (χ1) is 8.38. The van der Waals surface area contributed by atoms with Crippen molar-refractivity contribution in [2.45, 2.75) is 6.54 Å². The van der Waals surface area contributed by atoms with Crippen LogP contribution < -0.4 is 10.1 Å². The molecule has 0 saturated carbocycles. The van der Waals surface area contributed by atoms with Crippen molar-refractivity contribution in [3.8, 4) is 5.75 Å². The number of benzene rings is 1. The maximum atomic E-state index is 8.63. The molecule has 1 aromatic heterocycles. The smallest absolute Gasteiger partial charge is 0.182 e. The van der Waals surface area contributed by atoms with Crippen molar-refractivity contribution in [1.29, 1.82) is 0 Å². The minimum absolute atomic E-state index is 0.0351. The zero-order valence-electron chi connectivity index (χ0n) is 9.30. The third kappa shape index (κ3) is 3.72. The van der Waals surface area contributed by atoms with Crippen LogP contribution in [0.15, 0.2) is 35.8 Å². The van der Waals surface area contributed by atoms with E-state index in [2.05, 4.69) is 10.3 Å². The lowest BCUT2D eigenvalue weighted by atomic mass is 10.2. The predicted octanol–water partition coefficient (Wildman–Crippen LogP) is 2.13. The van der Waals surface area contributed by atoms with Gasteiger partial charge in [0.1, 0.15) is 12.4 Å². The Morgan fingerprint density at radius 3 is 2.76 bits per heavy atom. The summed E-state index contributed by atoms with van der Waals surface area (Å²) in [5.74, 6) is 0.775. The minimum Gasteiger partial charge on any atom is -0.491 e. The fourth-order valence-electron chi connectivity index (χ4n) is 1.36. The van der Waals surface area contributed by atoms with Gasteiger partial charge in [-0.2, -0.15) is 0 Å². The van der Waals surface area contributed by atoms with Crippen molar-refractivity contribution in [3.05, 3.63) is 41.4 Å². The van der Waals surface area contributed by atoms with Gasteiger partial charge in [-0.1, -0.05) is 12.1 Å². The lowest BCUT2D eigenvalue weighted by molar-refractivity contribution is 0.201. The number of nitrogens with one attached hydrogen (secondary N) is 1. The third-order valence-electron chi connectivity index (χ3n) is 2.16. The van der Waals surface area contributed by atoms with Crippen LogP contribution in [0.2, 0.25) is 0 Å². The van der Waals surface area contributed by atoms with E-state index in [9.17, 15) is 0 Å². The highest BCUT2D eigenvalue weighted by molar-refractivity contribution is 7.13. The zero-order chi connectivity index (χ0) is 11.9. The van der Waals surface area contributed by atoms with Crippen LogP contribution in [0.25, 0.3) is 0 Å². The molecule has 0 fully saturated rings. The second-order valence-corrected chi connectivity index (χ2v) is 4.30. The Bertz CT molecular complexity index is 428. The maximum Gasteiger partial charge on any atom is 0.182 e. The Morgan fingerprint density at radius 2 is 2.12 bits per heavy atom. The lowest BCUT2D eigenvalue weighted by Gasteiger charge is -2.06. The molecule has 1 heterocycles. The summed E-state index contributed by atoms with van der Waals surface area (Å²) < 4.78 is 5.28. The largest absolute Gasteiger partial charge is 0.491 e. The second-order valence-electron chi connectivity index (χ2n) is 3.41. The summed E-state index contributed by atoms with van der Waals surface area (Å²) in [5.41, 5.74) is 1.16. The summed E-state index contributed by atoms with van der Waals surface area (Å²) in [5, 5.41) is 14.7. The van der Waals surface area contributed by atoms with Gasteiger partial charge >= 0.3 is 0 Å². The number of aliphatic hydroxyl groups excluding tert-OH is 1. The first-order valence-corrected chi connectivity index (χ1v) is 6.22. The fourth-order valence-corrected chi connectivity index (χ4v) is 1.88. The molecule has 2 N–H and O–H groups in total. The van der Waals surface area contributed by atoms with E-state index in [-0.39, 0.29) is 6.61 Å². The van der Waals surface area contributed by atoms with Crippen molar-refractivity contribution in [1.82, 2.24) is 4.98 Å². The number of nitrogens with zero attached hydrogens (tertiary/aromatic N) is 1. The van der Waals surface area contributed by atoms with E-state index >= 15 is 0 Å². The third-order valence-corrected chi connectivity index (χ3v) is 2.89. The lowest BCUT2D eigenvalue weighted by Crippen LogP contribution is -2.02. The molecule has 4 nitrogen and oxygen atoms in total. The monoisotopic (exact) mass is 250 g/mol. The maximum absolute atomic E-state index is 8.63. The van der Waals surface area contributed by atoms with Gasteiger partial charge in [-0.3, -0.25) is 0 Å². The molecule has 0 aliphatic carbocycles. The molecule has 0 bridgehead atoms. The van der Waals surface area contributed by atoms with E-state index in [4.69, 9.17) is 9.84 Å². The van der Waals surface area contributed by atoms with Crippen molar-refractivity contribution in [2.24, 2.45) is 0 Å². The van der Waals surface area contributed by atoms with Crippen molar-refractivity contribution in [2.75, 3.05) is 18.5 Å². The van der Waals surface area contributed by atoms with Gasteiger partial charge in [-0.05, 0) is 17.7 Å². The summed E-state index contributed by atoms with van der Waals surface area (Å²) in [6.45, 7) is 1.11. The Kier molecular flexibility index (Phi) is 4.35. The number of thiazole rings is 1. The highest BCUT2D eigenvalue weighted by Gasteiger charge is 1.97. The molecule has 0 spiro atoms. The van der Waals surface area contributed by atoms with Crippen molar-refractivity contribution in [3.63, 3.8) is 0 Å². The number of anilines is 1. The molecule has 0 unspecified atom stereocenters. The average Bonchev–Trinajstić information content (AvgIpc) is 2.88. The molecule has 1 aromatic carbocycles. The Morgan fingerprint density at radius 1 is 1.29 bits per heavy atom. The van der Waals surface area contributed by atoms with Crippen LogP contribution in [-0.2, 0) is 6.54 Å². The topological polar surface area (TPSA) is 54.4 Å². The van der Waals surface area contributed by atoms with Crippen LogP contribution >= 0.6 is 11.3 Å². The summed E-state index contributed by atoms with van der Waals surface area (Å²) in [7, 11) is 0. The molecule has 5 heteroatoms. The molecule has 0 amide bonds. The van der Waals surface area contributed by atoms with Gasteiger partial charge in [0.15, 0.2) is 5.13 Å². The number of hydrogen-bond acceptors (Lipinski definition) is 5. The molecule has 90 valence electrons. The van der Waals surface area contributed by atoms with Gasteiger partial charge < -0.3 is 15.2 Å². The molecule has 2 rings (SSSR count). The molecule has 17 heavy (non-hydrogen) atoms. The second kappa shape index (κ2) is 6.22. The SMILES string of the molecule is OCCOc1ccc(CNc2nccs2)cc1. The van der Waals surface area contributed by atoms with E-state index in [1.54, 1.807) is 17.5 Å². The molecule has 0 aliphatic heterocycles. The number of hydrogen-bond donors (Lipinski definition) is 2. The average molecular weight is 250 g/mol. The van der Waals surface area contributed by atoms with Gasteiger partial charge in [-0.25, -0.2) is 4.98 Å². The molecule has 2 aromatic rings. The van der Waals surface area contributed by atoms with Crippen molar-refractivity contribution < 1.29 is 9.84 Å². The number of aliphatic hydroxyl groups is 1. The van der Waals surface area contributed by atoms with E-state index in [0.29, 0.717) is 6.61 Å². The van der Waals surface area contributed by atoms with E-state index < -0.39 is 0 Å². The van der Waals surface area contributed by atoms with E-state index in [0.717, 1.165) is 23.0 Å². The minimum atomic E-state index is 0.0351. The van der Waals surface area contributed by atoms with Crippen LogP contribution in [-0.4, -0.2) is 23.3 Å². The van der Waals surface area contributed by atoms with E-state index in [1.807, 2.05) is 29.6 Å². The van der Waals surface area contributed by atoms with Gasteiger partial charge in [0.25, 0.3) is 0 Å². The fraction of sp³-hybridized carbons (Fsp3) is 0.250. The summed E-state index contributed by atoms with van der Waals surface area (Å²) in [4.78, 5) is 4.14. The Labute approximate surface area is 104 Å². The quantitative estimate of drug-likeness (QED) is 0.824. The normalized spacial score (nSPS) is 10.2. The van der Waals surface area contributed by atoms with Gasteiger partial charge in [-0.15, -0.1) is 11.3 Å². The summed E-state index contributed by atoms with van der Waals surface area (Å²) in [6, 6.07) is 7.78. The van der Waals surface area contributed by atoms with Gasteiger partial charge in [0, 0.05) is 18.1 Å². The standard InChI is InChI=1S/C12H14N2O2S/c15-6-7-16-11-3-1-10(2-4-11)9-14-12-13-5-8-17-12/h1-5,8,15H,6-7,9H2,(H,13,14). The zero-order valence-corrected chi connectivity index (χ0v) is 10.1. The summed E-state index contributed by atoms with van der Waals surface area (Å²) >= 11 is 1.58. The highest BCUT2D eigenvalue weighted by atomic mass is 32.1. The van der Waals surface area contributed by atoms with Crippen LogP contribution in [0.1, 0.15) is 5.56 Å². The Hall–Kier alpha value is -1.59. The number of rotatable bonds is 6. The predicted molar refractivity (Wildman–Crippen MR) is 68.5 cm³/mol. The van der Waals surface area contributed by atoms with Crippen molar-refractivity contribution >= 4 is 16.5 Å². The van der Waals surface area contributed by atoms with Crippen LogP contribution in [0.4, 0.5) is 5.13 Å². The van der Waals surface area contributed by atoms with Gasteiger partial charge in [0.05, 0.1) is 6.61 Å². The highest BCUT2D eigenvalue weighted by Crippen LogP contribution is 2.15. The first-order valence-electron chi connectivity index (χ1n) is 5.34. The first kappa shape index (κ1) is 11.9.